The van der Waals surface area contributed by atoms with E-state index in [4.69, 9.17) is 0 Å². The van der Waals surface area contributed by atoms with Crippen LogP contribution >= 0.6 is 12.4 Å². The van der Waals surface area contributed by atoms with E-state index in [1.807, 2.05) is 0 Å². The highest BCUT2D eigenvalue weighted by Crippen LogP contribution is 2.27. The largest absolute Gasteiger partial charge is 0.326 e. The second-order valence-electron chi connectivity index (χ2n) is 6.24. The topological polar surface area (TPSA) is 78.5 Å². The van der Waals surface area contributed by atoms with Crippen LogP contribution in [0, 0.1) is 0 Å². The lowest BCUT2D eigenvalue weighted by molar-refractivity contribution is -0.116. The van der Waals surface area contributed by atoms with Gasteiger partial charge in [-0.1, -0.05) is 25.3 Å². The molecular formula is C17H28ClN3O3S. The van der Waals surface area contributed by atoms with E-state index in [-0.39, 0.29) is 29.3 Å². The number of anilines is 1. The van der Waals surface area contributed by atoms with E-state index < -0.39 is 10.0 Å². The minimum Gasteiger partial charge on any atom is -0.326 e. The number of rotatable bonds is 7. The first-order valence-corrected chi connectivity index (χ1v) is 9.91. The summed E-state index contributed by atoms with van der Waals surface area (Å²) in [6.07, 6.45) is 5.50. The average molecular weight is 390 g/mol. The quantitative estimate of drug-likeness (QED) is 0.751. The molecule has 0 bridgehead atoms. The molecule has 25 heavy (non-hydrogen) atoms. The molecule has 1 aliphatic rings. The van der Waals surface area contributed by atoms with Gasteiger partial charge in [-0.25, -0.2) is 8.42 Å². The number of carbonyl (C=O) groups excluding carboxylic acids is 1. The number of nitrogens with zero attached hydrogens (tertiary/aromatic N) is 1. The van der Waals surface area contributed by atoms with Crippen molar-refractivity contribution in [1.82, 2.24) is 9.62 Å². The van der Waals surface area contributed by atoms with Crippen molar-refractivity contribution in [2.24, 2.45) is 0 Å². The summed E-state index contributed by atoms with van der Waals surface area (Å²) in [6, 6.07) is 6.55. The van der Waals surface area contributed by atoms with Gasteiger partial charge in [0.2, 0.25) is 15.9 Å². The van der Waals surface area contributed by atoms with Gasteiger partial charge in [0.15, 0.2) is 0 Å². The third-order valence-electron chi connectivity index (χ3n) is 4.49. The van der Waals surface area contributed by atoms with Crippen molar-refractivity contribution in [2.45, 2.75) is 49.5 Å². The third kappa shape index (κ3) is 5.95. The summed E-state index contributed by atoms with van der Waals surface area (Å²) in [7, 11) is -0.109. The highest BCUT2D eigenvalue weighted by molar-refractivity contribution is 7.89. The molecule has 2 rings (SSSR count). The molecule has 2 N–H and O–H groups in total. The molecule has 0 saturated heterocycles. The Morgan fingerprint density at radius 3 is 2.56 bits per heavy atom. The van der Waals surface area contributed by atoms with E-state index in [0.29, 0.717) is 18.7 Å². The van der Waals surface area contributed by atoms with Crippen LogP contribution in [0.2, 0.25) is 0 Å². The molecule has 1 aliphatic carbocycles. The Balaban J connectivity index is 0.00000312. The number of halogens is 1. The molecule has 1 fully saturated rings. The Bertz CT molecular complexity index is 661. The van der Waals surface area contributed by atoms with Crippen molar-refractivity contribution >= 4 is 34.0 Å². The Morgan fingerprint density at radius 2 is 1.92 bits per heavy atom. The van der Waals surface area contributed by atoms with E-state index >= 15 is 0 Å². The van der Waals surface area contributed by atoms with Crippen molar-refractivity contribution in [1.29, 1.82) is 0 Å². The van der Waals surface area contributed by atoms with Gasteiger partial charge in [-0.2, -0.15) is 4.31 Å². The van der Waals surface area contributed by atoms with E-state index in [1.165, 1.54) is 16.8 Å². The Labute approximate surface area is 156 Å². The summed E-state index contributed by atoms with van der Waals surface area (Å²) >= 11 is 0. The van der Waals surface area contributed by atoms with Crippen molar-refractivity contribution in [3.8, 4) is 0 Å². The van der Waals surface area contributed by atoms with Crippen LogP contribution in [-0.2, 0) is 14.8 Å². The second kappa shape index (κ2) is 10.1. The SMILES string of the molecule is CNCCC(=O)Nc1cccc(S(=O)(=O)N(C)C2CCCCC2)c1.Cl. The van der Waals surface area contributed by atoms with Crippen LogP contribution in [0.25, 0.3) is 0 Å². The monoisotopic (exact) mass is 389 g/mol. The Hall–Kier alpha value is -1.15. The lowest BCUT2D eigenvalue weighted by Gasteiger charge is -2.30. The molecule has 0 spiro atoms. The summed E-state index contributed by atoms with van der Waals surface area (Å²) in [5.41, 5.74) is 0.509. The van der Waals surface area contributed by atoms with Crippen LogP contribution in [0.1, 0.15) is 38.5 Å². The Morgan fingerprint density at radius 1 is 1.24 bits per heavy atom. The number of sulfonamides is 1. The molecule has 142 valence electrons. The van der Waals surface area contributed by atoms with Crippen molar-refractivity contribution in [2.75, 3.05) is 26.0 Å². The molecule has 6 nitrogen and oxygen atoms in total. The Kier molecular flexibility index (Phi) is 8.85. The standard InChI is InChI=1S/C17H27N3O3S.ClH/c1-18-12-11-17(21)19-14-7-6-10-16(13-14)24(22,23)20(2)15-8-4-3-5-9-15;/h6-7,10,13,15,18H,3-5,8-9,11-12H2,1-2H3,(H,19,21);1H. The average Bonchev–Trinajstić information content (AvgIpc) is 2.60. The normalized spacial score (nSPS) is 15.6. The van der Waals surface area contributed by atoms with Gasteiger partial charge in [-0.3, -0.25) is 4.79 Å². The maximum Gasteiger partial charge on any atom is 0.243 e. The van der Waals surface area contributed by atoms with Crippen LogP contribution in [0.15, 0.2) is 29.2 Å². The fourth-order valence-corrected chi connectivity index (χ4v) is 4.47. The van der Waals surface area contributed by atoms with Gasteiger partial charge in [0.05, 0.1) is 4.90 Å². The first-order valence-electron chi connectivity index (χ1n) is 8.47. The van der Waals surface area contributed by atoms with Crippen molar-refractivity contribution < 1.29 is 13.2 Å². The van der Waals surface area contributed by atoms with Crippen LogP contribution in [0.4, 0.5) is 5.69 Å². The number of hydrogen-bond acceptors (Lipinski definition) is 4. The molecule has 1 amide bonds. The number of nitrogens with one attached hydrogen (secondary N) is 2. The number of benzene rings is 1. The van der Waals surface area contributed by atoms with Gasteiger partial charge < -0.3 is 10.6 Å². The molecule has 1 aromatic carbocycles. The fourth-order valence-electron chi connectivity index (χ4n) is 3.00. The predicted molar refractivity (Wildman–Crippen MR) is 103 cm³/mol. The summed E-state index contributed by atoms with van der Waals surface area (Å²) in [5.74, 6) is -0.139. The lowest BCUT2D eigenvalue weighted by Crippen LogP contribution is -2.38. The van der Waals surface area contributed by atoms with Crippen molar-refractivity contribution in [3.63, 3.8) is 0 Å². The van der Waals surface area contributed by atoms with Gasteiger partial charge >= 0.3 is 0 Å². The predicted octanol–water partition coefficient (Wildman–Crippen LogP) is 2.61. The summed E-state index contributed by atoms with van der Waals surface area (Å²) < 4.78 is 27.2. The molecule has 0 aliphatic heterocycles. The maximum atomic E-state index is 12.8. The van der Waals surface area contributed by atoms with E-state index in [2.05, 4.69) is 10.6 Å². The maximum absolute atomic E-state index is 12.8. The van der Waals surface area contributed by atoms with Crippen LogP contribution in [0.5, 0.6) is 0 Å². The van der Waals surface area contributed by atoms with Gasteiger partial charge in [0.25, 0.3) is 0 Å². The van der Waals surface area contributed by atoms with E-state index in [1.54, 1.807) is 32.3 Å². The van der Waals surface area contributed by atoms with Gasteiger partial charge in [-0.05, 0) is 38.1 Å². The van der Waals surface area contributed by atoms with E-state index in [0.717, 1.165) is 25.7 Å². The summed E-state index contributed by atoms with van der Waals surface area (Å²) in [6.45, 7) is 0.578. The number of amides is 1. The second-order valence-corrected chi connectivity index (χ2v) is 8.24. The first-order chi connectivity index (χ1) is 11.4. The van der Waals surface area contributed by atoms with Crippen LogP contribution in [0.3, 0.4) is 0 Å². The van der Waals surface area contributed by atoms with E-state index in [9.17, 15) is 13.2 Å². The molecule has 0 radical (unpaired) electrons. The first kappa shape index (κ1) is 21.9. The van der Waals surface area contributed by atoms with Crippen LogP contribution < -0.4 is 10.6 Å². The molecule has 0 unspecified atom stereocenters. The zero-order valence-electron chi connectivity index (χ0n) is 14.8. The van der Waals surface area contributed by atoms with Crippen LogP contribution in [-0.4, -0.2) is 45.3 Å². The number of hydrogen-bond donors (Lipinski definition) is 2. The molecular weight excluding hydrogens is 362 g/mol. The molecule has 0 heterocycles. The fraction of sp³-hybridized carbons (Fsp3) is 0.588. The highest BCUT2D eigenvalue weighted by atomic mass is 35.5. The zero-order chi connectivity index (χ0) is 17.6. The van der Waals surface area contributed by atoms with Gasteiger partial charge in [-0.15, -0.1) is 12.4 Å². The minimum atomic E-state index is -3.54. The minimum absolute atomic E-state index is 0. The smallest absolute Gasteiger partial charge is 0.243 e. The molecule has 0 aromatic heterocycles. The number of carbonyl (C=O) groups is 1. The zero-order valence-corrected chi connectivity index (χ0v) is 16.5. The highest BCUT2D eigenvalue weighted by Gasteiger charge is 2.29. The summed E-state index contributed by atoms with van der Waals surface area (Å²) in [4.78, 5) is 12.0. The summed E-state index contributed by atoms with van der Waals surface area (Å²) in [5, 5.41) is 5.65. The molecule has 8 heteroatoms. The van der Waals surface area contributed by atoms with Gasteiger partial charge in [0.1, 0.15) is 0 Å². The van der Waals surface area contributed by atoms with Crippen molar-refractivity contribution in [3.05, 3.63) is 24.3 Å². The van der Waals surface area contributed by atoms with Gasteiger partial charge in [0, 0.05) is 31.7 Å². The molecule has 0 atom stereocenters. The molecule has 1 aromatic rings. The molecule has 1 saturated carbocycles. The third-order valence-corrected chi connectivity index (χ3v) is 6.39. The lowest BCUT2D eigenvalue weighted by atomic mass is 9.96.